The predicted molar refractivity (Wildman–Crippen MR) is 64.0 cm³/mol. The van der Waals surface area contributed by atoms with Gasteiger partial charge in [0.2, 0.25) is 0 Å². The number of halogens is 3. The summed E-state index contributed by atoms with van der Waals surface area (Å²) in [5, 5.41) is 20.5. The molecule has 0 fully saturated rings. The third-order valence-corrected chi connectivity index (χ3v) is 2.79. The molecule has 0 aromatic heterocycles. The summed E-state index contributed by atoms with van der Waals surface area (Å²) in [6.07, 6.45) is -1.15. The second-order valence-corrected chi connectivity index (χ2v) is 4.71. The van der Waals surface area contributed by atoms with E-state index in [-0.39, 0.29) is 12.1 Å². The Morgan fingerprint density at radius 3 is 2.61 bits per heavy atom. The lowest BCUT2D eigenvalue weighted by Crippen LogP contribution is -2.44. The van der Waals surface area contributed by atoms with Gasteiger partial charge in [-0.25, -0.2) is 8.78 Å². The highest BCUT2D eigenvalue weighted by Crippen LogP contribution is 2.19. The molecule has 4 nitrogen and oxygen atoms in total. The van der Waals surface area contributed by atoms with Gasteiger partial charge in [0.25, 0.3) is 0 Å². The van der Waals surface area contributed by atoms with Gasteiger partial charge in [0.15, 0.2) is 11.6 Å². The second-order valence-electron chi connectivity index (χ2n) is 3.80. The van der Waals surface area contributed by atoms with Gasteiger partial charge in [-0.15, -0.1) is 0 Å². The number of hydrogen-bond donors (Lipinski definition) is 3. The summed E-state index contributed by atoms with van der Waals surface area (Å²) in [6.45, 7) is 1.09. The Bertz CT molecular complexity index is 454. The minimum atomic E-state index is -1.26. The van der Waals surface area contributed by atoms with Crippen molar-refractivity contribution in [3.8, 4) is 0 Å². The van der Waals surface area contributed by atoms with E-state index in [4.69, 9.17) is 5.11 Å². The quantitative estimate of drug-likeness (QED) is 0.721. The molecule has 0 bridgehead atoms. The van der Waals surface area contributed by atoms with Crippen molar-refractivity contribution in [1.82, 2.24) is 5.32 Å². The Balaban J connectivity index is 2.82. The maximum Gasteiger partial charge on any atom is 0.323 e. The number of aliphatic hydroxyl groups is 1. The molecule has 0 radical (unpaired) electrons. The summed E-state index contributed by atoms with van der Waals surface area (Å²) in [5.74, 6) is -3.33. The molecule has 100 valence electrons. The lowest BCUT2D eigenvalue weighted by atomic mass is 10.1. The van der Waals surface area contributed by atoms with E-state index < -0.39 is 29.7 Å². The average Bonchev–Trinajstić information content (AvgIpc) is 2.23. The third-order valence-electron chi connectivity index (χ3n) is 2.33. The zero-order valence-electron chi connectivity index (χ0n) is 9.45. The van der Waals surface area contributed by atoms with E-state index in [0.29, 0.717) is 4.47 Å². The molecule has 0 aliphatic rings. The molecule has 7 heteroatoms. The molecule has 0 saturated heterocycles. The average molecular weight is 324 g/mol. The highest BCUT2D eigenvalue weighted by Gasteiger charge is 2.23. The molecule has 3 N–H and O–H groups in total. The molecule has 2 atom stereocenters. The van der Waals surface area contributed by atoms with Crippen LogP contribution in [0.5, 0.6) is 0 Å². The van der Waals surface area contributed by atoms with Crippen molar-refractivity contribution >= 4 is 21.9 Å². The summed E-state index contributed by atoms with van der Waals surface area (Å²) in [5.41, 5.74) is -0.0197. The van der Waals surface area contributed by atoms with E-state index >= 15 is 0 Å². The van der Waals surface area contributed by atoms with E-state index in [1.54, 1.807) is 0 Å². The number of benzene rings is 1. The molecule has 0 spiro atoms. The zero-order chi connectivity index (χ0) is 13.9. The summed E-state index contributed by atoms with van der Waals surface area (Å²) in [7, 11) is 0. The van der Waals surface area contributed by atoms with E-state index in [9.17, 15) is 18.7 Å². The van der Waals surface area contributed by atoms with Crippen LogP contribution in [0.4, 0.5) is 8.78 Å². The maximum absolute atomic E-state index is 13.4. The van der Waals surface area contributed by atoms with Crippen LogP contribution < -0.4 is 5.32 Å². The first-order chi connectivity index (χ1) is 8.32. The van der Waals surface area contributed by atoms with Gasteiger partial charge in [0.1, 0.15) is 6.04 Å². The smallest absolute Gasteiger partial charge is 0.323 e. The zero-order valence-corrected chi connectivity index (χ0v) is 11.0. The highest BCUT2D eigenvalue weighted by molar-refractivity contribution is 9.10. The number of hydrogen-bond acceptors (Lipinski definition) is 3. The lowest BCUT2D eigenvalue weighted by molar-refractivity contribution is -0.142. The van der Waals surface area contributed by atoms with Crippen LogP contribution in [0.2, 0.25) is 0 Å². The largest absolute Gasteiger partial charge is 0.480 e. The van der Waals surface area contributed by atoms with Crippen molar-refractivity contribution < 1.29 is 23.8 Å². The van der Waals surface area contributed by atoms with Gasteiger partial charge in [-0.1, -0.05) is 15.9 Å². The summed E-state index contributed by atoms with van der Waals surface area (Å²) in [6, 6.07) is 1.07. The Morgan fingerprint density at radius 2 is 2.11 bits per heavy atom. The Hall–Kier alpha value is -1.05. The predicted octanol–water partition coefficient (Wildman–Crippen LogP) is 1.65. The number of nitrogens with one attached hydrogen (secondary N) is 1. The first-order valence-electron chi connectivity index (χ1n) is 5.10. The fourth-order valence-corrected chi connectivity index (χ4v) is 1.90. The van der Waals surface area contributed by atoms with Crippen molar-refractivity contribution in [3.05, 3.63) is 33.8 Å². The van der Waals surface area contributed by atoms with E-state index in [1.807, 2.05) is 0 Å². The van der Waals surface area contributed by atoms with Gasteiger partial charge < -0.3 is 10.2 Å². The Labute approximate surface area is 111 Å². The Kier molecular flexibility index (Phi) is 5.18. The summed E-state index contributed by atoms with van der Waals surface area (Å²) in [4.78, 5) is 10.8. The van der Waals surface area contributed by atoms with Crippen molar-refractivity contribution in [3.63, 3.8) is 0 Å². The fourth-order valence-electron chi connectivity index (χ4n) is 1.42. The van der Waals surface area contributed by atoms with E-state index in [1.165, 1.54) is 13.0 Å². The van der Waals surface area contributed by atoms with Crippen LogP contribution in [0.1, 0.15) is 12.5 Å². The van der Waals surface area contributed by atoms with Crippen LogP contribution in [-0.2, 0) is 11.3 Å². The standard InChI is InChI=1S/C11H12BrF2NO3/c1-5(16)10(11(17)18)15-4-6-2-7(12)3-8(13)9(6)14/h2-3,5,10,15-16H,4H2,1H3,(H,17,18)/t5-,10+/m1/s1. The molecule has 1 aromatic carbocycles. The third kappa shape index (κ3) is 3.72. The van der Waals surface area contributed by atoms with Gasteiger partial charge in [0.05, 0.1) is 6.10 Å². The van der Waals surface area contributed by atoms with Crippen LogP contribution in [0, 0.1) is 11.6 Å². The molecule has 0 amide bonds. The van der Waals surface area contributed by atoms with Gasteiger partial charge in [-0.3, -0.25) is 10.1 Å². The number of carbonyl (C=O) groups is 1. The van der Waals surface area contributed by atoms with E-state index in [0.717, 1.165) is 6.07 Å². The molecule has 0 aliphatic carbocycles. The van der Waals surface area contributed by atoms with E-state index in [2.05, 4.69) is 21.2 Å². The highest BCUT2D eigenvalue weighted by atomic mass is 79.9. The molecule has 0 saturated carbocycles. The van der Waals surface area contributed by atoms with Crippen molar-refractivity contribution in [2.75, 3.05) is 0 Å². The summed E-state index contributed by atoms with van der Waals surface area (Å²) < 4.78 is 26.8. The molecule has 0 unspecified atom stereocenters. The van der Waals surface area contributed by atoms with Gasteiger partial charge in [0, 0.05) is 16.6 Å². The van der Waals surface area contributed by atoms with Crippen LogP contribution >= 0.6 is 15.9 Å². The number of carboxylic acid groups (broad SMARTS) is 1. The molecule has 18 heavy (non-hydrogen) atoms. The van der Waals surface area contributed by atoms with Gasteiger partial charge in [-0.2, -0.15) is 0 Å². The van der Waals surface area contributed by atoms with Gasteiger partial charge in [-0.05, 0) is 19.1 Å². The van der Waals surface area contributed by atoms with Gasteiger partial charge >= 0.3 is 5.97 Å². The summed E-state index contributed by atoms with van der Waals surface area (Å²) >= 11 is 3.01. The first kappa shape index (κ1) is 15.0. The number of aliphatic hydroxyl groups excluding tert-OH is 1. The van der Waals surface area contributed by atoms with Crippen LogP contribution in [-0.4, -0.2) is 28.3 Å². The molecule has 0 aliphatic heterocycles. The molecule has 1 rings (SSSR count). The lowest BCUT2D eigenvalue weighted by Gasteiger charge is -2.17. The SMILES string of the molecule is C[C@@H](O)[C@H](NCc1cc(Br)cc(F)c1F)C(=O)O. The van der Waals surface area contributed by atoms with Crippen molar-refractivity contribution in [2.24, 2.45) is 0 Å². The minimum Gasteiger partial charge on any atom is -0.480 e. The molecule has 0 heterocycles. The van der Waals surface area contributed by atoms with Crippen LogP contribution in [0.25, 0.3) is 0 Å². The fraction of sp³-hybridized carbons (Fsp3) is 0.364. The van der Waals surface area contributed by atoms with Crippen molar-refractivity contribution in [2.45, 2.75) is 25.6 Å². The van der Waals surface area contributed by atoms with Crippen LogP contribution in [0.3, 0.4) is 0 Å². The first-order valence-corrected chi connectivity index (χ1v) is 5.90. The monoisotopic (exact) mass is 323 g/mol. The Morgan fingerprint density at radius 1 is 1.50 bits per heavy atom. The molecular formula is C11H12BrF2NO3. The molecule has 1 aromatic rings. The normalized spacial score (nSPS) is 14.3. The maximum atomic E-state index is 13.4. The molecular weight excluding hydrogens is 312 g/mol. The number of carboxylic acids is 1. The second kappa shape index (κ2) is 6.21. The topological polar surface area (TPSA) is 69.6 Å². The van der Waals surface area contributed by atoms with Crippen molar-refractivity contribution in [1.29, 1.82) is 0 Å². The number of rotatable bonds is 5. The van der Waals surface area contributed by atoms with Crippen LogP contribution in [0.15, 0.2) is 16.6 Å². The number of aliphatic carboxylic acids is 1. The minimum absolute atomic E-state index is 0.0197.